The average Bonchev–Trinajstić information content (AvgIpc) is 2.25. The molecule has 1 aromatic heterocycles. The first-order chi connectivity index (χ1) is 7.56. The third kappa shape index (κ3) is 2.99. The number of carbonyl (C=O) groups excluding carboxylic acids is 1. The molecule has 0 aromatic carbocycles. The number of aryl methyl sites for hydroxylation is 1. The van der Waals surface area contributed by atoms with Gasteiger partial charge in [-0.05, 0) is 13.3 Å². The lowest BCUT2D eigenvalue weighted by Crippen LogP contribution is -2.28. The molecule has 0 aliphatic heterocycles. The van der Waals surface area contributed by atoms with Gasteiger partial charge in [0, 0.05) is 0 Å². The number of ether oxygens (including phenoxy) is 1. The van der Waals surface area contributed by atoms with Crippen LogP contribution in [-0.2, 0) is 0 Å². The van der Waals surface area contributed by atoms with Crippen LogP contribution < -0.4 is 14.8 Å². The Morgan fingerprint density at radius 2 is 2.38 bits per heavy atom. The van der Waals surface area contributed by atoms with Crippen LogP contribution in [-0.4, -0.2) is 22.6 Å². The monoisotopic (exact) mass is 242 g/mol. The summed E-state index contributed by atoms with van der Waals surface area (Å²) in [6.07, 6.45) is 2.29. The van der Waals surface area contributed by atoms with E-state index >= 15 is 0 Å². The zero-order valence-corrected chi connectivity index (χ0v) is 10.1. The van der Waals surface area contributed by atoms with Crippen molar-refractivity contribution in [2.24, 2.45) is 5.73 Å². The number of aromatic nitrogens is 2. The summed E-state index contributed by atoms with van der Waals surface area (Å²) in [4.78, 5) is 19.0. The predicted molar refractivity (Wildman–Crippen MR) is 63.6 cm³/mol. The van der Waals surface area contributed by atoms with E-state index in [-0.39, 0.29) is 0 Å². The smallest absolute Gasteiger partial charge is 0.329 e. The Kier molecular flexibility index (Phi) is 4.36. The first-order valence-electron chi connectivity index (χ1n) is 4.81. The zero-order valence-electron chi connectivity index (χ0n) is 9.17. The molecule has 0 atom stereocenters. The molecule has 0 bridgehead atoms. The Labute approximate surface area is 99.4 Å². The minimum Gasteiger partial charge on any atom is -0.476 e. The van der Waals surface area contributed by atoms with Crippen LogP contribution in [0.2, 0.25) is 0 Å². The molecule has 0 unspecified atom stereocenters. The van der Waals surface area contributed by atoms with Crippen molar-refractivity contribution in [2.45, 2.75) is 20.3 Å². The molecule has 0 fully saturated rings. The Balaban J connectivity index is 3.01. The lowest BCUT2D eigenvalue weighted by atomic mass is 10.4. The summed E-state index contributed by atoms with van der Waals surface area (Å²) in [7, 11) is 0. The fraction of sp³-hybridized carbons (Fsp3) is 0.444. The van der Waals surface area contributed by atoms with Gasteiger partial charge in [0.2, 0.25) is 5.88 Å². The first kappa shape index (κ1) is 12.6. The van der Waals surface area contributed by atoms with Gasteiger partial charge in [-0.2, -0.15) is 4.98 Å². The van der Waals surface area contributed by atoms with E-state index in [0.29, 0.717) is 24.0 Å². The number of urea groups is 1. The number of hydrogen-bond donors (Lipinski definition) is 2. The maximum absolute atomic E-state index is 11.0. The molecule has 1 aromatic rings. The minimum atomic E-state index is -0.711. The average molecular weight is 242 g/mol. The molecule has 6 nitrogen and oxygen atoms in total. The van der Waals surface area contributed by atoms with Crippen LogP contribution in [0.3, 0.4) is 0 Å². The third-order valence-corrected chi connectivity index (χ3v) is 2.15. The van der Waals surface area contributed by atoms with Crippen LogP contribution in [0.15, 0.2) is 6.20 Å². The van der Waals surface area contributed by atoms with E-state index in [0.717, 1.165) is 10.7 Å². The van der Waals surface area contributed by atoms with Gasteiger partial charge in [0.25, 0.3) is 0 Å². The summed E-state index contributed by atoms with van der Waals surface area (Å²) in [5.41, 5.74) is 5.45. The Hall–Kier alpha value is -1.50. The number of hydrogen-bond acceptors (Lipinski definition) is 5. The van der Waals surface area contributed by atoms with Crippen LogP contribution >= 0.6 is 12.8 Å². The Morgan fingerprint density at radius 1 is 1.69 bits per heavy atom. The SMILES string of the molecule is CCCOc1nc(C)ncc1N(S)C(N)=O. The Morgan fingerprint density at radius 3 is 2.94 bits per heavy atom. The van der Waals surface area contributed by atoms with Crippen molar-refractivity contribution < 1.29 is 9.53 Å². The highest BCUT2D eigenvalue weighted by Gasteiger charge is 2.16. The standard InChI is InChI=1S/C9H14N4O2S/c1-3-4-15-8-7(13(16)9(10)14)5-11-6(2)12-8/h5,16H,3-4H2,1-2H3,(H2,10,14). The maximum Gasteiger partial charge on any atom is 0.329 e. The molecule has 2 amide bonds. The lowest BCUT2D eigenvalue weighted by molar-refractivity contribution is 0.256. The van der Waals surface area contributed by atoms with E-state index in [2.05, 4.69) is 22.8 Å². The molecule has 0 aliphatic rings. The van der Waals surface area contributed by atoms with Gasteiger partial charge >= 0.3 is 6.03 Å². The van der Waals surface area contributed by atoms with Gasteiger partial charge in [-0.3, -0.25) is 0 Å². The molecular weight excluding hydrogens is 228 g/mol. The molecule has 0 saturated heterocycles. The second kappa shape index (κ2) is 5.55. The highest BCUT2D eigenvalue weighted by Crippen LogP contribution is 2.26. The van der Waals surface area contributed by atoms with E-state index in [1.54, 1.807) is 6.92 Å². The normalized spacial score (nSPS) is 9.94. The molecule has 0 spiro atoms. The molecule has 7 heteroatoms. The van der Waals surface area contributed by atoms with Crippen LogP contribution in [0.1, 0.15) is 19.2 Å². The molecule has 2 N–H and O–H groups in total. The van der Waals surface area contributed by atoms with Crippen LogP contribution in [0.4, 0.5) is 10.5 Å². The van der Waals surface area contributed by atoms with Gasteiger partial charge in [-0.25, -0.2) is 14.1 Å². The molecule has 1 rings (SSSR count). The van der Waals surface area contributed by atoms with Crippen molar-refractivity contribution >= 4 is 24.5 Å². The summed E-state index contributed by atoms with van der Waals surface area (Å²) in [5, 5.41) is 0. The summed E-state index contributed by atoms with van der Waals surface area (Å²) in [6.45, 7) is 4.21. The summed E-state index contributed by atoms with van der Waals surface area (Å²) >= 11 is 3.94. The zero-order chi connectivity index (χ0) is 12.1. The number of anilines is 1. The first-order valence-corrected chi connectivity index (χ1v) is 5.21. The second-order valence-corrected chi connectivity index (χ2v) is 3.51. The fourth-order valence-corrected chi connectivity index (χ4v) is 1.15. The fourth-order valence-electron chi connectivity index (χ4n) is 1.01. The van der Waals surface area contributed by atoms with Crippen LogP contribution in [0.5, 0.6) is 5.88 Å². The lowest BCUT2D eigenvalue weighted by Gasteiger charge is -2.15. The summed E-state index contributed by atoms with van der Waals surface area (Å²) in [5.74, 6) is 0.865. The van der Waals surface area contributed by atoms with Crippen molar-refractivity contribution in [1.82, 2.24) is 9.97 Å². The second-order valence-electron chi connectivity index (χ2n) is 3.11. The number of rotatable bonds is 4. The number of primary amides is 1. The molecular formula is C9H14N4O2S. The number of nitrogens with two attached hydrogens (primary N) is 1. The number of carbonyl (C=O) groups is 1. The van der Waals surface area contributed by atoms with E-state index < -0.39 is 6.03 Å². The highest BCUT2D eigenvalue weighted by atomic mass is 32.1. The number of amides is 2. The number of thiol groups is 1. The van der Waals surface area contributed by atoms with E-state index in [4.69, 9.17) is 10.5 Å². The van der Waals surface area contributed by atoms with Crippen LogP contribution in [0, 0.1) is 6.92 Å². The predicted octanol–water partition coefficient (Wildman–Crippen LogP) is 1.30. The summed E-state index contributed by atoms with van der Waals surface area (Å²) in [6, 6.07) is -0.711. The largest absolute Gasteiger partial charge is 0.476 e. The van der Waals surface area contributed by atoms with E-state index in [1.165, 1.54) is 6.20 Å². The quantitative estimate of drug-likeness (QED) is 0.780. The van der Waals surface area contributed by atoms with E-state index in [9.17, 15) is 4.79 Å². The van der Waals surface area contributed by atoms with Gasteiger partial charge in [-0.1, -0.05) is 19.7 Å². The number of nitrogens with zero attached hydrogens (tertiary/aromatic N) is 3. The van der Waals surface area contributed by atoms with Crippen molar-refractivity contribution in [3.8, 4) is 5.88 Å². The Bertz CT molecular complexity index is 386. The van der Waals surface area contributed by atoms with Crippen molar-refractivity contribution in [3.63, 3.8) is 0 Å². The van der Waals surface area contributed by atoms with Gasteiger partial charge in [0.05, 0.1) is 12.8 Å². The highest BCUT2D eigenvalue weighted by molar-refractivity contribution is 7.82. The van der Waals surface area contributed by atoms with Gasteiger partial charge < -0.3 is 10.5 Å². The minimum absolute atomic E-state index is 0.308. The van der Waals surface area contributed by atoms with E-state index in [1.807, 2.05) is 6.92 Å². The van der Waals surface area contributed by atoms with Crippen molar-refractivity contribution in [3.05, 3.63) is 12.0 Å². The van der Waals surface area contributed by atoms with Crippen molar-refractivity contribution in [1.29, 1.82) is 0 Å². The molecule has 16 heavy (non-hydrogen) atoms. The molecule has 0 radical (unpaired) electrons. The molecule has 1 heterocycles. The third-order valence-electron chi connectivity index (χ3n) is 1.74. The molecule has 0 saturated carbocycles. The molecule has 0 aliphatic carbocycles. The van der Waals surface area contributed by atoms with Crippen LogP contribution in [0.25, 0.3) is 0 Å². The topological polar surface area (TPSA) is 81.3 Å². The van der Waals surface area contributed by atoms with Crippen molar-refractivity contribution in [2.75, 3.05) is 10.9 Å². The maximum atomic E-state index is 11.0. The van der Waals surface area contributed by atoms with Gasteiger partial charge in [0.15, 0.2) is 0 Å². The molecule has 88 valence electrons. The summed E-state index contributed by atoms with van der Waals surface area (Å²) < 4.78 is 6.34. The van der Waals surface area contributed by atoms with Gasteiger partial charge in [0.1, 0.15) is 11.5 Å². The van der Waals surface area contributed by atoms with Gasteiger partial charge in [-0.15, -0.1) is 0 Å².